The van der Waals surface area contributed by atoms with Crippen molar-refractivity contribution in [2.75, 3.05) is 23.8 Å². The van der Waals surface area contributed by atoms with Crippen molar-refractivity contribution >= 4 is 23.3 Å². The Bertz CT molecular complexity index is 794. The van der Waals surface area contributed by atoms with Gasteiger partial charge in [0.15, 0.2) is 6.20 Å². The average Bonchev–Trinajstić information content (AvgIpc) is 2.93. The number of hydrogen-bond acceptors (Lipinski definition) is 5. The molecular formula is C17H20N3O2S+. The van der Waals surface area contributed by atoms with Crippen LogP contribution in [0.25, 0.3) is 0 Å². The Balaban J connectivity index is 1.81. The van der Waals surface area contributed by atoms with Crippen LogP contribution in [0.5, 0.6) is 11.5 Å². The molecule has 1 aromatic heterocycles. The number of hydrogen-bond donors (Lipinski definition) is 1. The van der Waals surface area contributed by atoms with Gasteiger partial charge in [0.2, 0.25) is 5.69 Å². The quantitative estimate of drug-likeness (QED) is 0.676. The van der Waals surface area contributed by atoms with Crippen LogP contribution in [0.2, 0.25) is 0 Å². The lowest BCUT2D eigenvalue weighted by Crippen LogP contribution is -2.55. The third-order valence-corrected chi connectivity index (χ3v) is 5.61. The number of pyridine rings is 1. The van der Waals surface area contributed by atoms with Gasteiger partial charge in [0.05, 0.1) is 42.5 Å². The van der Waals surface area contributed by atoms with E-state index in [1.54, 1.807) is 14.2 Å². The first-order chi connectivity index (χ1) is 11.1. The van der Waals surface area contributed by atoms with Crippen molar-refractivity contribution in [1.29, 1.82) is 0 Å². The van der Waals surface area contributed by atoms with Gasteiger partial charge < -0.3 is 14.8 Å². The average molecular weight is 330 g/mol. The van der Waals surface area contributed by atoms with Crippen LogP contribution >= 0.6 is 11.9 Å². The van der Waals surface area contributed by atoms with Crippen LogP contribution in [0.1, 0.15) is 23.1 Å². The maximum Gasteiger partial charge on any atom is 0.323 e. The van der Waals surface area contributed by atoms with Crippen LogP contribution in [0, 0.1) is 13.8 Å². The second kappa shape index (κ2) is 5.23. The Labute approximate surface area is 140 Å². The lowest BCUT2D eigenvalue weighted by atomic mass is 10.1. The summed E-state index contributed by atoms with van der Waals surface area (Å²) in [5.41, 5.74) is 5.97. The molecule has 0 fully saturated rings. The van der Waals surface area contributed by atoms with Crippen LogP contribution in [0.15, 0.2) is 24.4 Å². The van der Waals surface area contributed by atoms with Gasteiger partial charge in [0.25, 0.3) is 0 Å². The predicted molar refractivity (Wildman–Crippen MR) is 92.1 cm³/mol. The molecule has 1 atom stereocenters. The Morgan fingerprint density at radius 3 is 2.83 bits per heavy atom. The molecule has 0 radical (unpaired) electrons. The lowest BCUT2D eigenvalue weighted by Gasteiger charge is -2.28. The van der Waals surface area contributed by atoms with Crippen molar-refractivity contribution in [3.8, 4) is 11.5 Å². The molecule has 3 heterocycles. The number of aromatic nitrogens is 1. The number of ether oxygens (including phenoxy) is 2. The fourth-order valence-electron chi connectivity index (χ4n) is 3.41. The molecule has 0 bridgehead atoms. The van der Waals surface area contributed by atoms with Crippen molar-refractivity contribution in [3.05, 3.63) is 41.2 Å². The summed E-state index contributed by atoms with van der Waals surface area (Å²) < 4.78 is 15.6. The third-order valence-electron chi connectivity index (χ3n) is 4.53. The summed E-state index contributed by atoms with van der Waals surface area (Å²) in [4.78, 5) is 0. The minimum absolute atomic E-state index is 0.0779. The molecule has 23 heavy (non-hydrogen) atoms. The summed E-state index contributed by atoms with van der Waals surface area (Å²) in [6, 6.07) is 6.16. The first-order valence-electron chi connectivity index (χ1n) is 7.59. The highest BCUT2D eigenvalue weighted by Crippen LogP contribution is 2.46. The van der Waals surface area contributed by atoms with Gasteiger partial charge in [-0.05, 0) is 37.9 Å². The van der Waals surface area contributed by atoms with E-state index in [-0.39, 0.29) is 6.29 Å². The molecule has 0 amide bonds. The minimum Gasteiger partial charge on any atom is -0.497 e. The molecule has 1 N–H and O–H groups in total. The maximum atomic E-state index is 5.57. The molecule has 1 aromatic carbocycles. The van der Waals surface area contributed by atoms with E-state index in [1.807, 2.05) is 18.0 Å². The highest BCUT2D eigenvalue weighted by Gasteiger charge is 2.43. The maximum absolute atomic E-state index is 5.57. The molecule has 6 heteroatoms. The Hall–Kier alpha value is -2.08. The molecule has 4 rings (SSSR count). The molecule has 0 saturated heterocycles. The van der Waals surface area contributed by atoms with E-state index in [2.05, 4.69) is 46.4 Å². The van der Waals surface area contributed by atoms with Gasteiger partial charge in [-0.2, -0.15) is 4.57 Å². The van der Waals surface area contributed by atoms with Gasteiger partial charge >= 0.3 is 6.29 Å². The predicted octanol–water partition coefficient (Wildman–Crippen LogP) is 3.16. The summed E-state index contributed by atoms with van der Waals surface area (Å²) >= 11 is 1.82. The van der Waals surface area contributed by atoms with E-state index in [0.29, 0.717) is 0 Å². The number of benzene rings is 1. The number of methoxy groups -OCH3 is 2. The zero-order chi connectivity index (χ0) is 16.1. The van der Waals surface area contributed by atoms with Crippen LogP contribution in [-0.4, -0.2) is 14.2 Å². The number of fused-ring (bicyclic) bond motifs is 5. The summed E-state index contributed by atoms with van der Waals surface area (Å²) in [5.74, 6) is 2.78. The van der Waals surface area contributed by atoms with E-state index in [1.165, 1.54) is 16.9 Å². The van der Waals surface area contributed by atoms with Crippen molar-refractivity contribution in [2.45, 2.75) is 25.9 Å². The van der Waals surface area contributed by atoms with Gasteiger partial charge in [-0.1, -0.05) is 0 Å². The first kappa shape index (κ1) is 14.5. The fraction of sp³-hybridized carbons (Fsp3) is 0.353. The van der Waals surface area contributed by atoms with Gasteiger partial charge in [0, 0.05) is 6.07 Å². The Kier molecular flexibility index (Phi) is 3.30. The topological polar surface area (TPSA) is 37.6 Å². The van der Waals surface area contributed by atoms with Crippen LogP contribution in [0.4, 0.5) is 11.4 Å². The van der Waals surface area contributed by atoms with Gasteiger partial charge in [-0.15, -0.1) is 0 Å². The Morgan fingerprint density at radius 1 is 1.26 bits per heavy atom. The molecule has 120 valence electrons. The highest BCUT2D eigenvalue weighted by atomic mass is 32.2. The van der Waals surface area contributed by atoms with Crippen molar-refractivity contribution in [1.82, 2.24) is 0 Å². The monoisotopic (exact) mass is 330 g/mol. The summed E-state index contributed by atoms with van der Waals surface area (Å²) in [6.45, 7) is 4.23. The van der Waals surface area contributed by atoms with Crippen LogP contribution < -0.4 is 23.7 Å². The van der Waals surface area contributed by atoms with Gasteiger partial charge in [-0.25, -0.2) is 4.31 Å². The molecule has 1 unspecified atom stereocenters. The second-order valence-corrected chi connectivity index (χ2v) is 6.76. The van der Waals surface area contributed by atoms with E-state index < -0.39 is 0 Å². The molecule has 2 aliphatic rings. The SMILES string of the molecule is COc1ccc2c(c1)N1SCc3c(C)c(OC)c(C)c[n+]3C1N2. The minimum atomic E-state index is 0.0779. The number of nitrogens with zero attached hydrogens (tertiary/aromatic N) is 2. The zero-order valence-electron chi connectivity index (χ0n) is 13.7. The molecule has 5 nitrogen and oxygen atoms in total. The van der Waals surface area contributed by atoms with Crippen LogP contribution in [0.3, 0.4) is 0 Å². The number of anilines is 2. The fourth-order valence-corrected chi connectivity index (χ4v) is 4.62. The largest absolute Gasteiger partial charge is 0.497 e. The standard InChI is InChI=1S/C17H20N3O2S/c1-10-8-19-15(11(2)16(10)22-4)9-23-20-14-7-12(21-3)5-6-13(14)18-17(19)20/h5-8,17-18H,9H2,1-4H3/q+1. The summed E-state index contributed by atoms with van der Waals surface area (Å²) in [7, 11) is 3.44. The normalized spacial score (nSPS) is 17.9. The molecular weight excluding hydrogens is 310 g/mol. The molecule has 0 spiro atoms. The molecule has 0 aliphatic carbocycles. The first-order valence-corrected chi connectivity index (χ1v) is 8.53. The molecule has 2 aliphatic heterocycles. The zero-order valence-corrected chi connectivity index (χ0v) is 14.5. The smallest absolute Gasteiger partial charge is 0.323 e. The number of aryl methyl sites for hydroxylation is 1. The van der Waals surface area contributed by atoms with Gasteiger partial charge in [-0.3, -0.25) is 0 Å². The van der Waals surface area contributed by atoms with Crippen molar-refractivity contribution in [3.63, 3.8) is 0 Å². The highest BCUT2D eigenvalue weighted by molar-refractivity contribution is 7.99. The number of nitrogens with one attached hydrogen (secondary N) is 1. The Morgan fingerprint density at radius 2 is 2.09 bits per heavy atom. The summed E-state index contributed by atoms with van der Waals surface area (Å²) in [5, 5.41) is 3.61. The second-order valence-electron chi connectivity index (χ2n) is 5.82. The van der Waals surface area contributed by atoms with Gasteiger partial charge in [0.1, 0.15) is 11.5 Å². The van der Waals surface area contributed by atoms with E-state index in [4.69, 9.17) is 9.47 Å². The van der Waals surface area contributed by atoms with Crippen LogP contribution in [-0.2, 0) is 5.75 Å². The van der Waals surface area contributed by atoms with Crippen molar-refractivity contribution in [2.24, 2.45) is 0 Å². The summed E-state index contributed by atoms with van der Waals surface area (Å²) in [6.07, 6.45) is 2.25. The van der Waals surface area contributed by atoms with E-state index >= 15 is 0 Å². The number of rotatable bonds is 2. The third kappa shape index (κ3) is 2.05. The molecule has 0 saturated carbocycles. The van der Waals surface area contributed by atoms with E-state index in [0.717, 1.165) is 28.5 Å². The van der Waals surface area contributed by atoms with Crippen molar-refractivity contribution < 1.29 is 14.0 Å². The van der Waals surface area contributed by atoms with E-state index in [9.17, 15) is 0 Å². The lowest BCUT2D eigenvalue weighted by molar-refractivity contribution is -0.721. The molecule has 2 aromatic rings.